The lowest BCUT2D eigenvalue weighted by Gasteiger charge is -2.34. The second-order valence-electron chi connectivity index (χ2n) is 14.3. The number of likely N-dealkylation sites (N-methyl/N-ethyl adjacent to an activating group) is 1. The molecule has 2 aliphatic rings. The number of aromatic nitrogens is 2. The van der Waals surface area contributed by atoms with E-state index in [1.54, 1.807) is 65.6 Å². The Morgan fingerprint density at radius 2 is 1.41 bits per heavy atom. The molecule has 13 heteroatoms. The molecule has 4 N–H and O–H groups in total. The fourth-order valence-corrected chi connectivity index (χ4v) is 7.72. The minimum atomic E-state index is -1.07. The van der Waals surface area contributed by atoms with E-state index in [4.69, 9.17) is 0 Å². The lowest BCUT2D eigenvalue weighted by Crippen LogP contribution is -2.59. The molecular formula is C43H50N8O5. The summed E-state index contributed by atoms with van der Waals surface area (Å²) in [6.07, 6.45) is 5.94. The zero-order valence-electron chi connectivity index (χ0n) is 31.8. The Morgan fingerprint density at radius 3 is 2.00 bits per heavy atom. The Balaban J connectivity index is 1.26. The molecule has 56 heavy (non-hydrogen) atoms. The zero-order valence-corrected chi connectivity index (χ0v) is 31.8. The van der Waals surface area contributed by atoms with Crippen molar-refractivity contribution < 1.29 is 24.0 Å². The molecule has 2 fully saturated rings. The van der Waals surface area contributed by atoms with E-state index in [1.165, 1.54) is 0 Å². The molecule has 0 spiro atoms. The molecule has 6 atom stereocenters. The molecule has 2 aromatic carbocycles. The summed E-state index contributed by atoms with van der Waals surface area (Å²) in [5.41, 5.74) is 2.43. The molecule has 6 rings (SSSR count). The second-order valence-corrected chi connectivity index (χ2v) is 14.3. The van der Waals surface area contributed by atoms with Gasteiger partial charge < -0.3 is 31.1 Å². The summed E-state index contributed by atoms with van der Waals surface area (Å²) in [5.74, 6) is -2.22. The smallest absolute Gasteiger partial charge is 0.251 e. The third-order valence-corrected chi connectivity index (χ3v) is 10.7. The summed E-state index contributed by atoms with van der Waals surface area (Å²) < 4.78 is 0. The molecule has 2 aromatic heterocycles. The normalized spacial score (nSPS) is 20.2. The third kappa shape index (κ3) is 9.64. The zero-order chi connectivity index (χ0) is 39.4. The van der Waals surface area contributed by atoms with Crippen molar-refractivity contribution >= 4 is 29.5 Å². The fourth-order valence-electron chi connectivity index (χ4n) is 7.72. The largest absolute Gasteiger partial charge is 0.352 e. The van der Waals surface area contributed by atoms with Crippen LogP contribution in [-0.4, -0.2) is 87.1 Å². The molecule has 2 aliphatic heterocycles. The summed E-state index contributed by atoms with van der Waals surface area (Å²) in [6.45, 7) is 2.40. The number of fused-ring (bicyclic) bond motifs is 1. The van der Waals surface area contributed by atoms with Crippen molar-refractivity contribution in [1.82, 2.24) is 41.0 Å². The predicted octanol–water partition coefficient (Wildman–Crippen LogP) is 3.55. The summed E-state index contributed by atoms with van der Waals surface area (Å²) in [6, 6.07) is 25.2. The van der Waals surface area contributed by atoms with Crippen molar-refractivity contribution in [3.8, 4) is 0 Å². The van der Waals surface area contributed by atoms with Gasteiger partial charge in [0.25, 0.3) is 11.8 Å². The van der Waals surface area contributed by atoms with Crippen molar-refractivity contribution in [3.05, 3.63) is 132 Å². The number of pyridine rings is 2. The van der Waals surface area contributed by atoms with Crippen LogP contribution in [0.25, 0.3) is 0 Å². The minimum Gasteiger partial charge on any atom is -0.352 e. The molecule has 292 valence electrons. The first-order chi connectivity index (χ1) is 27.3. The van der Waals surface area contributed by atoms with Crippen molar-refractivity contribution in [1.29, 1.82) is 0 Å². The number of nitrogens with one attached hydrogen (secondary N) is 4. The van der Waals surface area contributed by atoms with E-state index < -0.39 is 36.0 Å². The van der Waals surface area contributed by atoms with Crippen LogP contribution < -0.4 is 21.3 Å². The number of rotatable bonds is 15. The minimum absolute atomic E-state index is 0.158. The first-order valence-electron chi connectivity index (χ1n) is 19.3. The quantitative estimate of drug-likeness (QED) is 0.143. The molecule has 2 saturated heterocycles. The van der Waals surface area contributed by atoms with Gasteiger partial charge in [-0.05, 0) is 81.1 Å². The molecule has 0 bridgehead atoms. The highest BCUT2D eigenvalue weighted by Gasteiger charge is 2.48. The Labute approximate surface area is 327 Å². The van der Waals surface area contributed by atoms with Crippen LogP contribution in [0.5, 0.6) is 0 Å². The third-order valence-electron chi connectivity index (χ3n) is 10.7. The Bertz CT molecular complexity index is 1890. The van der Waals surface area contributed by atoms with E-state index >= 15 is 0 Å². The number of benzene rings is 2. The van der Waals surface area contributed by atoms with E-state index in [9.17, 15) is 24.0 Å². The SMILES string of the molecule is CC[C@H](NC)C(=O)N[C@@H]1C(=O)N2[C@@H](CC[C@@H]1CNC(=O)c1ccccc1)CC[C@H]2C(=O)N[C@H](C(=O)N(Cc1ccccn1)Cc1ccccn1)c1ccccc1. The van der Waals surface area contributed by atoms with Gasteiger partial charge in [-0.2, -0.15) is 0 Å². The van der Waals surface area contributed by atoms with Crippen LogP contribution in [0.15, 0.2) is 109 Å². The van der Waals surface area contributed by atoms with Gasteiger partial charge in [0.05, 0.1) is 30.5 Å². The summed E-state index contributed by atoms with van der Waals surface area (Å²) in [4.78, 5) is 82.6. The molecule has 0 radical (unpaired) electrons. The maximum atomic E-state index is 14.7. The van der Waals surface area contributed by atoms with Gasteiger partial charge in [0, 0.05) is 36.5 Å². The number of amides is 5. The van der Waals surface area contributed by atoms with Crippen LogP contribution in [0.3, 0.4) is 0 Å². The van der Waals surface area contributed by atoms with Crippen LogP contribution in [0.4, 0.5) is 0 Å². The lowest BCUT2D eigenvalue weighted by molar-refractivity contribution is -0.145. The van der Waals surface area contributed by atoms with Gasteiger partial charge in [0.2, 0.25) is 17.7 Å². The monoisotopic (exact) mass is 758 g/mol. The van der Waals surface area contributed by atoms with E-state index in [1.807, 2.05) is 67.6 Å². The number of nitrogens with zero attached hydrogens (tertiary/aromatic N) is 4. The molecule has 4 aromatic rings. The van der Waals surface area contributed by atoms with Crippen LogP contribution in [0, 0.1) is 5.92 Å². The van der Waals surface area contributed by atoms with Gasteiger partial charge in [0.15, 0.2) is 0 Å². The Morgan fingerprint density at radius 1 is 0.804 bits per heavy atom. The van der Waals surface area contributed by atoms with Gasteiger partial charge in [-0.15, -0.1) is 0 Å². The van der Waals surface area contributed by atoms with Crippen molar-refractivity contribution in [3.63, 3.8) is 0 Å². The van der Waals surface area contributed by atoms with Gasteiger partial charge in [-0.1, -0.05) is 67.6 Å². The highest BCUT2D eigenvalue weighted by Crippen LogP contribution is 2.35. The van der Waals surface area contributed by atoms with Gasteiger partial charge in [0.1, 0.15) is 18.1 Å². The van der Waals surface area contributed by atoms with Gasteiger partial charge in [-0.3, -0.25) is 33.9 Å². The van der Waals surface area contributed by atoms with E-state index in [0.717, 1.165) is 0 Å². The molecule has 5 amide bonds. The lowest BCUT2D eigenvalue weighted by atomic mass is 9.92. The molecular weight excluding hydrogens is 709 g/mol. The van der Waals surface area contributed by atoms with Crippen molar-refractivity contribution in [2.24, 2.45) is 5.92 Å². The second kappa shape index (κ2) is 19.1. The predicted molar refractivity (Wildman–Crippen MR) is 210 cm³/mol. The van der Waals surface area contributed by atoms with Crippen LogP contribution >= 0.6 is 0 Å². The summed E-state index contributed by atoms with van der Waals surface area (Å²) in [5, 5.41) is 12.0. The molecule has 13 nitrogen and oxygen atoms in total. The van der Waals surface area contributed by atoms with Gasteiger partial charge in [-0.25, -0.2) is 0 Å². The van der Waals surface area contributed by atoms with Gasteiger partial charge >= 0.3 is 0 Å². The average Bonchev–Trinajstić information content (AvgIpc) is 3.62. The molecule has 0 unspecified atom stereocenters. The highest BCUT2D eigenvalue weighted by atomic mass is 16.2. The topological polar surface area (TPSA) is 166 Å². The fraction of sp³-hybridized carbons (Fsp3) is 0.372. The number of hydrogen-bond acceptors (Lipinski definition) is 8. The maximum absolute atomic E-state index is 14.7. The summed E-state index contributed by atoms with van der Waals surface area (Å²) in [7, 11) is 1.69. The van der Waals surface area contributed by atoms with Crippen molar-refractivity contribution in [2.45, 2.75) is 82.3 Å². The van der Waals surface area contributed by atoms with E-state index in [-0.39, 0.29) is 49.3 Å². The standard InChI is InChI=1S/C43H50N8O5/c1-3-35(44-2)40(53)48-38-31(26-47-39(52)30-16-8-5-9-17-30)20-21-34-22-23-36(51(34)43(38)56)41(54)49-37(29-14-6-4-7-15-29)42(55)50(27-32-18-10-12-24-45-32)28-33-19-11-13-25-46-33/h4-19,24-25,31,34-38,44H,3,20-23,26-28H2,1-2H3,(H,47,52)(H,48,53)(H,49,54)/t31-,34+,35+,36+,37+,38+/m1/s1. The number of carbonyl (C=O) groups excluding carboxylic acids is 5. The Hall–Kier alpha value is -5.95. The molecule has 0 saturated carbocycles. The molecule has 0 aliphatic carbocycles. The van der Waals surface area contributed by atoms with Crippen molar-refractivity contribution in [2.75, 3.05) is 13.6 Å². The molecule has 4 heterocycles. The summed E-state index contributed by atoms with van der Waals surface area (Å²) >= 11 is 0. The number of hydrogen-bond donors (Lipinski definition) is 4. The van der Waals surface area contributed by atoms with E-state index in [0.29, 0.717) is 54.6 Å². The number of carbonyl (C=O) groups is 5. The highest BCUT2D eigenvalue weighted by molar-refractivity contribution is 5.96. The van der Waals surface area contributed by atoms with Crippen LogP contribution in [0.2, 0.25) is 0 Å². The van der Waals surface area contributed by atoms with E-state index in [2.05, 4.69) is 31.2 Å². The first kappa shape index (κ1) is 39.7. The van der Waals surface area contributed by atoms with Crippen LogP contribution in [0.1, 0.15) is 72.4 Å². The maximum Gasteiger partial charge on any atom is 0.251 e. The Kier molecular flexibility index (Phi) is 13.5. The average molecular weight is 759 g/mol. The van der Waals surface area contributed by atoms with Crippen LogP contribution in [-0.2, 0) is 32.3 Å². The first-order valence-corrected chi connectivity index (χ1v) is 19.3.